The van der Waals surface area contributed by atoms with Crippen LogP contribution in [-0.2, 0) is 11.2 Å². The van der Waals surface area contributed by atoms with Gasteiger partial charge in [0.25, 0.3) is 0 Å². The lowest BCUT2D eigenvalue weighted by atomic mass is 10.1. The lowest BCUT2D eigenvalue weighted by Crippen LogP contribution is -2.25. The van der Waals surface area contributed by atoms with E-state index < -0.39 is 5.82 Å². The molecule has 104 valence electrons. The Morgan fingerprint density at radius 3 is 2.86 bits per heavy atom. The monoisotopic (exact) mass is 298 g/mol. The third-order valence-electron chi connectivity index (χ3n) is 3.30. The molecule has 0 fully saturated rings. The summed E-state index contributed by atoms with van der Waals surface area (Å²) in [7, 11) is 0. The molecule has 21 heavy (non-hydrogen) atoms. The van der Waals surface area contributed by atoms with E-state index in [9.17, 15) is 9.18 Å². The summed E-state index contributed by atoms with van der Waals surface area (Å²) in [6.07, 6.45) is 0.643. The minimum Gasteiger partial charge on any atom is -0.323 e. The highest BCUT2D eigenvalue weighted by atomic mass is 32.2. The number of carbonyl (C=O) groups excluding carboxylic acids is 1. The molecule has 2 aromatic rings. The molecule has 3 nitrogen and oxygen atoms in total. The molecule has 0 aliphatic carbocycles. The lowest BCUT2D eigenvalue weighted by molar-refractivity contribution is -0.115. The van der Waals surface area contributed by atoms with Crippen LogP contribution in [0.25, 0.3) is 0 Å². The van der Waals surface area contributed by atoms with Crippen LogP contribution in [0.4, 0.5) is 10.1 Å². The zero-order valence-electron chi connectivity index (χ0n) is 11.0. The molecular weight excluding hydrogens is 287 g/mol. The van der Waals surface area contributed by atoms with Crippen LogP contribution in [0.15, 0.2) is 47.4 Å². The summed E-state index contributed by atoms with van der Waals surface area (Å²) in [5.41, 5.74) is 1.48. The molecule has 0 spiro atoms. The van der Waals surface area contributed by atoms with Gasteiger partial charge in [0.15, 0.2) is 0 Å². The fraction of sp³-hybridized carbons (Fsp3) is 0.125. The van der Waals surface area contributed by atoms with Gasteiger partial charge in [-0.2, -0.15) is 5.26 Å². The van der Waals surface area contributed by atoms with Crippen molar-refractivity contribution in [1.29, 1.82) is 5.26 Å². The Hall–Kier alpha value is -2.32. The maximum atomic E-state index is 13.8. The first-order valence-corrected chi connectivity index (χ1v) is 7.30. The molecule has 2 aromatic carbocycles. The summed E-state index contributed by atoms with van der Waals surface area (Å²) in [5.74, 6) is -0.817. The number of thioether (sulfide) groups is 1. The molecule has 1 N–H and O–H groups in total. The summed E-state index contributed by atoms with van der Waals surface area (Å²) in [4.78, 5) is 13.3. The summed E-state index contributed by atoms with van der Waals surface area (Å²) in [5, 5.41) is 11.0. The zero-order chi connectivity index (χ0) is 14.8. The highest BCUT2D eigenvalue weighted by Crippen LogP contribution is 2.37. The number of amides is 1. The maximum Gasteiger partial charge on any atom is 0.238 e. The maximum absolute atomic E-state index is 13.8. The van der Waals surface area contributed by atoms with E-state index in [0.29, 0.717) is 6.42 Å². The molecule has 1 aliphatic rings. The Kier molecular flexibility index (Phi) is 3.63. The fourth-order valence-electron chi connectivity index (χ4n) is 2.23. The minimum absolute atomic E-state index is 0.107. The Morgan fingerprint density at radius 1 is 1.33 bits per heavy atom. The first-order chi connectivity index (χ1) is 10.2. The van der Waals surface area contributed by atoms with E-state index in [4.69, 9.17) is 5.26 Å². The summed E-state index contributed by atoms with van der Waals surface area (Å²) >= 11 is 1.49. The molecule has 3 rings (SSSR count). The van der Waals surface area contributed by atoms with E-state index in [1.165, 1.54) is 23.9 Å². The van der Waals surface area contributed by atoms with Crippen molar-refractivity contribution in [3.63, 3.8) is 0 Å². The summed E-state index contributed by atoms with van der Waals surface area (Å²) < 4.78 is 13.8. The number of anilines is 1. The van der Waals surface area contributed by atoms with E-state index in [-0.39, 0.29) is 22.4 Å². The number of hydrogen-bond donors (Lipinski definition) is 1. The number of carbonyl (C=O) groups is 1. The molecule has 0 aromatic heterocycles. The van der Waals surface area contributed by atoms with E-state index in [2.05, 4.69) is 5.32 Å². The van der Waals surface area contributed by atoms with Gasteiger partial charge in [0.05, 0.1) is 22.6 Å². The summed E-state index contributed by atoms with van der Waals surface area (Å²) in [6.45, 7) is 0. The van der Waals surface area contributed by atoms with Crippen molar-refractivity contribution >= 4 is 23.4 Å². The van der Waals surface area contributed by atoms with Crippen LogP contribution in [0.1, 0.15) is 11.1 Å². The van der Waals surface area contributed by atoms with Crippen molar-refractivity contribution in [1.82, 2.24) is 0 Å². The van der Waals surface area contributed by atoms with Crippen molar-refractivity contribution in [3.05, 3.63) is 59.4 Å². The van der Waals surface area contributed by atoms with Crippen LogP contribution >= 0.6 is 11.8 Å². The highest BCUT2D eigenvalue weighted by molar-refractivity contribution is 8.01. The van der Waals surface area contributed by atoms with Gasteiger partial charge in [0.1, 0.15) is 5.82 Å². The molecule has 5 heteroatoms. The van der Waals surface area contributed by atoms with Crippen molar-refractivity contribution in [3.8, 4) is 6.07 Å². The third-order valence-corrected chi connectivity index (χ3v) is 4.61. The van der Waals surface area contributed by atoms with Gasteiger partial charge in [-0.15, -0.1) is 11.8 Å². The quantitative estimate of drug-likeness (QED) is 0.925. The predicted molar refractivity (Wildman–Crippen MR) is 79.5 cm³/mol. The van der Waals surface area contributed by atoms with Gasteiger partial charge >= 0.3 is 0 Å². The van der Waals surface area contributed by atoms with Crippen LogP contribution in [0.3, 0.4) is 0 Å². The highest BCUT2D eigenvalue weighted by Gasteiger charge is 2.28. The van der Waals surface area contributed by atoms with Crippen LogP contribution < -0.4 is 5.32 Å². The minimum atomic E-state index is -0.595. The molecule has 1 amide bonds. The largest absolute Gasteiger partial charge is 0.323 e. The number of rotatable bonds is 2. The van der Waals surface area contributed by atoms with Crippen LogP contribution in [0, 0.1) is 17.1 Å². The third kappa shape index (κ3) is 2.76. The number of nitrogens with zero attached hydrogens (tertiary/aromatic N) is 1. The van der Waals surface area contributed by atoms with Gasteiger partial charge in [-0.3, -0.25) is 4.79 Å². The molecule has 1 unspecified atom stereocenters. The molecular formula is C16H11FN2OS. The van der Waals surface area contributed by atoms with Gasteiger partial charge in [-0.05, 0) is 36.2 Å². The first-order valence-electron chi connectivity index (χ1n) is 6.42. The molecule has 0 saturated carbocycles. The van der Waals surface area contributed by atoms with Gasteiger partial charge in [0.2, 0.25) is 5.91 Å². The molecule has 0 radical (unpaired) electrons. The second-order valence-corrected chi connectivity index (χ2v) is 5.96. The van der Waals surface area contributed by atoms with E-state index in [1.54, 1.807) is 0 Å². The molecule has 0 saturated heterocycles. The number of halogens is 1. The van der Waals surface area contributed by atoms with E-state index in [1.807, 2.05) is 30.3 Å². The summed E-state index contributed by atoms with van der Waals surface area (Å²) in [6, 6.07) is 13.7. The van der Waals surface area contributed by atoms with Crippen molar-refractivity contribution < 1.29 is 9.18 Å². The Balaban J connectivity index is 1.73. The Bertz CT molecular complexity index is 729. The molecule has 1 atom stereocenters. The van der Waals surface area contributed by atoms with Crippen LogP contribution in [0.2, 0.25) is 0 Å². The lowest BCUT2D eigenvalue weighted by Gasteiger charge is -2.10. The Morgan fingerprint density at radius 2 is 2.14 bits per heavy atom. The fourth-order valence-corrected chi connectivity index (χ4v) is 3.42. The number of nitriles is 1. The SMILES string of the molecule is N#Cc1ccc(NC(=O)C2Cc3ccccc3S2)c(F)c1. The van der Waals surface area contributed by atoms with Crippen LogP contribution in [-0.4, -0.2) is 11.2 Å². The first kappa shape index (κ1) is 13.7. The average Bonchev–Trinajstić information content (AvgIpc) is 2.93. The van der Waals surface area contributed by atoms with Gasteiger partial charge in [-0.25, -0.2) is 4.39 Å². The van der Waals surface area contributed by atoms with Gasteiger partial charge in [0, 0.05) is 4.90 Å². The Labute approximate surface area is 125 Å². The van der Waals surface area contributed by atoms with Gasteiger partial charge < -0.3 is 5.32 Å². The smallest absolute Gasteiger partial charge is 0.238 e. The predicted octanol–water partition coefficient (Wildman–Crippen LogP) is 3.35. The number of hydrogen-bond acceptors (Lipinski definition) is 3. The molecule has 1 aliphatic heterocycles. The van der Waals surface area contributed by atoms with Gasteiger partial charge in [-0.1, -0.05) is 18.2 Å². The van der Waals surface area contributed by atoms with E-state index >= 15 is 0 Å². The van der Waals surface area contributed by atoms with E-state index in [0.717, 1.165) is 16.5 Å². The van der Waals surface area contributed by atoms with Crippen LogP contribution in [0.5, 0.6) is 0 Å². The zero-order valence-corrected chi connectivity index (χ0v) is 11.8. The van der Waals surface area contributed by atoms with Crippen molar-refractivity contribution in [2.75, 3.05) is 5.32 Å². The second-order valence-electron chi connectivity index (χ2n) is 4.71. The normalized spacial score (nSPS) is 16.1. The number of fused-ring (bicyclic) bond motifs is 1. The topological polar surface area (TPSA) is 52.9 Å². The van der Waals surface area contributed by atoms with Crippen molar-refractivity contribution in [2.45, 2.75) is 16.6 Å². The molecule has 1 heterocycles. The number of benzene rings is 2. The molecule has 0 bridgehead atoms. The standard InChI is InChI=1S/C16H11FN2OS/c17-12-7-10(9-18)5-6-13(12)19-16(20)15-8-11-3-1-2-4-14(11)21-15/h1-7,15H,8H2,(H,19,20). The number of nitrogens with one attached hydrogen (secondary N) is 1. The second kappa shape index (κ2) is 5.58. The van der Waals surface area contributed by atoms with Crippen molar-refractivity contribution in [2.24, 2.45) is 0 Å². The average molecular weight is 298 g/mol.